The number of carbonyl (C=O) groups is 1. The Kier molecular flexibility index (Phi) is 3.84. The third-order valence-electron chi connectivity index (χ3n) is 3.46. The maximum absolute atomic E-state index is 12.2. The maximum Gasteiger partial charge on any atom is 0.263 e. The highest BCUT2D eigenvalue weighted by Gasteiger charge is 2.18. The third-order valence-corrected chi connectivity index (χ3v) is 4.62. The van der Waals surface area contributed by atoms with Crippen molar-refractivity contribution in [3.05, 3.63) is 23.2 Å². The quantitative estimate of drug-likeness (QED) is 0.905. The van der Waals surface area contributed by atoms with E-state index in [2.05, 4.69) is 10.3 Å². The van der Waals surface area contributed by atoms with Crippen LogP contribution in [0, 0.1) is 0 Å². The molecule has 2 aromatic rings. The number of ether oxygens (including phenoxy) is 1. The second kappa shape index (κ2) is 5.76. The molecular weight excluding hydrogens is 274 g/mol. The summed E-state index contributed by atoms with van der Waals surface area (Å²) in [5.74, 6) is -0.122. The van der Waals surface area contributed by atoms with E-state index in [-0.39, 0.29) is 12.0 Å². The molecule has 20 heavy (non-hydrogen) atoms. The highest BCUT2D eigenvalue weighted by molar-refractivity contribution is 7.21. The van der Waals surface area contributed by atoms with Crippen molar-refractivity contribution in [2.45, 2.75) is 25.4 Å². The number of thiophene rings is 1. The molecule has 5 nitrogen and oxygen atoms in total. The van der Waals surface area contributed by atoms with Crippen LogP contribution in [0.3, 0.4) is 0 Å². The lowest BCUT2D eigenvalue weighted by molar-refractivity contribution is 0.0911. The first-order valence-electron chi connectivity index (χ1n) is 6.78. The zero-order chi connectivity index (χ0) is 13.9. The first-order chi connectivity index (χ1) is 9.75. The van der Waals surface area contributed by atoms with Gasteiger partial charge in [-0.15, -0.1) is 11.3 Å². The summed E-state index contributed by atoms with van der Waals surface area (Å²) in [4.78, 5) is 16.9. The van der Waals surface area contributed by atoms with Crippen molar-refractivity contribution in [2.75, 3.05) is 18.9 Å². The Morgan fingerprint density at radius 2 is 2.50 bits per heavy atom. The fraction of sp³-hybridized carbons (Fsp3) is 0.429. The van der Waals surface area contributed by atoms with Crippen molar-refractivity contribution in [3.8, 4) is 0 Å². The van der Waals surface area contributed by atoms with Crippen molar-refractivity contribution in [2.24, 2.45) is 0 Å². The molecule has 6 heteroatoms. The van der Waals surface area contributed by atoms with Crippen molar-refractivity contribution >= 4 is 33.1 Å². The molecule has 1 unspecified atom stereocenters. The first-order valence-corrected chi connectivity index (χ1v) is 7.60. The Balaban J connectivity index is 1.64. The summed E-state index contributed by atoms with van der Waals surface area (Å²) in [7, 11) is 0. The number of rotatable bonds is 4. The summed E-state index contributed by atoms with van der Waals surface area (Å²) in [6.07, 6.45) is 5.04. The highest BCUT2D eigenvalue weighted by Crippen LogP contribution is 2.31. The van der Waals surface area contributed by atoms with Gasteiger partial charge in [-0.25, -0.2) is 0 Å². The molecular formula is C14H17N3O2S. The van der Waals surface area contributed by atoms with Crippen LogP contribution in [0.1, 0.15) is 28.9 Å². The summed E-state index contributed by atoms with van der Waals surface area (Å²) in [5.41, 5.74) is 7.18. The van der Waals surface area contributed by atoms with Gasteiger partial charge in [0.1, 0.15) is 10.4 Å². The van der Waals surface area contributed by atoms with Gasteiger partial charge in [0.15, 0.2) is 0 Å². The number of nitrogens with two attached hydrogens (primary N) is 1. The van der Waals surface area contributed by atoms with E-state index in [1.165, 1.54) is 11.3 Å². The fourth-order valence-corrected chi connectivity index (χ4v) is 3.41. The Bertz CT molecular complexity index is 620. The van der Waals surface area contributed by atoms with Crippen LogP contribution >= 0.6 is 11.3 Å². The summed E-state index contributed by atoms with van der Waals surface area (Å²) in [5, 5.41) is 2.91. The van der Waals surface area contributed by atoms with Crippen molar-refractivity contribution in [1.29, 1.82) is 0 Å². The van der Waals surface area contributed by atoms with Crippen LogP contribution in [0.2, 0.25) is 0 Å². The second-order valence-electron chi connectivity index (χ2n) is 4.87. The molecule has 1 atom stereocenters. The van der Waals surface area contributed by atoms with Gasteiger partial charge >= 0.3 is 0 Å². The molecule has 0 spiro atoms. The molecule has 1 amide bonds. The molecule has 3 heterocycles. The minimum Gasteiger partial charge on any atom is -0.396 e. The lowest BCUT2D eigenvalue weighted by Crippen LogP contribution is -2.26. The number of nitrogens with one attached hydrogen (secondary N) is 1. The zero-order valence-corrected chi connectivity index (χ0v) is 11.9. The molecule has 1 saturated heterocycles. The average Bonchev–Trinajstić information content (AvgIpc) is 3.08. The number of hydrogen-bond donors (Lipinski definition) is 2. The standard InChI is InChI=1S/C14H17N3O2S/c15-11-12-10(4-1-6-16-12)20-13(11)14(18)17-7-5-9-3-2-8-19-9/h1,4,6,9H,2-3,5,7-8,15H2,(H,17,18). The molecule has 3 N–H and O–H groups in total. The van der Waals surface area contributed by atoms with Crippen LogP contribution < -0.4 is 11.1 Å². The summed E-state index contributed by atoms with van der Waals surface area (Å²) < 4.78 is 6.47. The van der Waals surface area contributed by atoms with Crippen LogP contribution in [0.15, 0.2) is 18.3 Å². The van der Waals surface area contributed by atoms with Crippen LogP contribution in [-0.2, 0) is 4.74 Å². The Morgan fingerprint density at radius 1 is 1.60 bits per heavy atom. The number of nitrogens with zero attached hydrogens (tertiary/aromatic N) is 1. The fourth-order valence-electron chi connectivity index (χ4n) is 2.42. The van der Waals surface area contributed by atoms with E-state index >= 15 is 0 Å². The number of carbonyl (C=O) groups excluding carboxylic acids is 1. The molecule has 3 rings (SSSR count). The molecule has 1 aliphatic heterocycles. The Hall–Kier alpha value is -1.66. The number of amides is 1. The number of anilines is 1. The molecule has 0 aliphatic carbocycles. The van der Waals surface area contributed by atoms with Gasteiger partial charge in [-0.05, 0) is 31.4 Å². The number of aromatic nitrogens is 1. The number of nitrogen functional groups attached to an aromatic ring is 1. The van der Waals surface area contributed by atoms with E-state index in [0.29, 0.717) is 22.6 Å². The summed E-state index contributed by atoms with van der Waals surface area (Å²) in [6, 6.07) is 3.77. The molecule has 106 valence electrons. The van der Waals surface area contributed by atoms with Crippen LogP contribution in [0.25, 0.3) is 10.2 Å². The monoisotopic (exact) mass is 291 g/mol. The van der Waals surface area contributed by atoms with Crippen molar-refractivity contribution < 1.29 is 9.53 Å². The van der Waals surface area contributed by atoms with Gasteiger partial charge in [-0.1, -0.05) is 0 Å². The van der Waals surface area contributed by atoms with E-state index in [9.17, 15) is 4.79 Å². The maximum atomic E-state index is 12.2. The van der Waals surface area contributed by atoms with Gasteiger partial charge in [-0.3, -0.25) is 9.78 Å². The number of fused-ring (bicyclic) bond motifs is 1. The topological polar surface area (TPSA) is 77.2 Å². The van der Waals surface area contributed by atoms with Crippen LogP contribution in [0.5, 0.6) is 0 Å². The van der Waals surface area contributed by atoms with E-state index in [1.807, 2.05) is 12.1 Å². The van der Waals surface area contributed by atoms with Crippen LogP contribution in [-0.4, -0.2) is 30.1 Å². The van der Waals surface area contributed by atoms with Gasteiger partial charge in [0.05, 0.1) is 16.5 Å². The number of hydrogen-bond acceptors (Lipinski definition) is 5. The Labute approximate surface area is 121 Å². The third kappa shape index (κ3) is 2.62. The SMILES string of the molecule is Nc1c(C(=O)NCCC2CCCO2)sc2cccnc12. The van der Waals surface area contributed by atoms with E-state index in [4.69, 9.17) is 10.5 Å². The van der Waals surface area contributed by atoms with Gasteiger partial charge in [-0.2, -0.15) is 0 Å². The first kappa shape index (κ1) is 13.3. The Morgan fingerprint density at radius 3 is 3.25 bits per heavy atom. The van der Waals surface area contributed by atoms with E-state index in [0.717, 1.165) is 30.6 Å². The lowest BCUT2D eigenvalue weighted by Gasteiger charge is -2.09. The van der Waals surface area contributed by atoms with Crippen molar-refractivity contribution in [1.82, 2.24) is 10.3 Å². The molecule has 0 radical (unpaired) electrons. The lowest BCUT2D eigenvalue weighted by atomic mass is 10.2. The predicted molar refractivity (Wildman–Crippen MR) is 80.0 cm³/mol. The van der Waals surface area contributed by atoms with E-state index < -0.39 is 0 Å². The van der Waals surface area contributed by atoms with Gasteiger partial charge in [0.25, 0.3) is 5.91 Å². The van der Waals surface area contributed by atoms with Crippen LogP contribution in [0.4, 0.5) is 5.69 Å². The molecule has 0 aromatic carbocycles. The molecule has 0 saturated carbocycles. The van der Waals surface area contributed by atoms with Gasteiger partial charge in [0, 0.05) is 19.3 Å². The largest absolute Gasteiger partial charge is 0.396 e. The second-order valence-corrected chi connectivity index (χ2v) is 5.93. The molecule has 2 aromatic heterocycles. The molecule has 0 bridgehead atoms. The minimum absolute atomic E-state index is 0.122. The summed E-state index contributed by atoms with van der Waals surface area (Å²) >= 11 is 1.38. The van der Waals surface area contributed by atoms with Gasteiger partial charge in [0.2, 0.25) is 0 Å². The van der Waals surface area contributed by atoms with Crippen molar-refractivity contribution in [3.63, 3.8) is 0 Å². The smallest absolute Gasteiger partial charge is 0.263 e. The normalized spacial score (nSPS) is 18.5. The zero-order valence-electron chi connectivity index (χ0n) is 11.1. The number of pyridine rings is 1. The minimum atomic E-state index is -0.122. The highest BCUT2D eigenvalue weighted by atomic mass is 32.1. The van der Waals surface area contributed by atoms with E-state index in [1.54, 1.807) is 6.20 Å². The molecule has 1 aliphatic rings. The predicted octanol–water partition coefficient (Wildman–Crippen LogP) is 2.18. The summed E-state index contributed by atoms with van der Waals surface area (Å²) in [6.45, 7) is 1.46. The van der Waals surface area contributed by atoms with Gasteiger partial charge < -0.3 is 15.8 Å². The average molecular weight is 291 g/mol. The molecule has 1 fully saturated rings.